The lowest BCUT2D eigenvalue weighted by atomic mass is 10.1. The Bertz CT molecular complexity index is 1200. The highest BCUT2D eigenvalue weighted by Crippen LogP contribution is 2.33. The first-order valence-corrected chi connectivity index (χ1v) is 10.2. The van der Waals surface area contributed by atoms with Crippen molar-refractivity contribution in [1.29, 1.82) is 5.26 Å². The number of carbonyl (C=O) groups excluding carboxylic acids is 1. The summed E-state index contributed by atoms with van der Waals surface area (Å²) in [6.07, 6.45) is 3.78. The van der Waals surface area contributed by atoms with Crippen molar-refractivity contribution in [2.24, 2.45) is 5.73 Å². The molecule has 4 rings (SSSR count). The number of piperidine rings is 1. The van der Waals surface area contributed by atoms with E-state index in [0.29, 0.717) is 41.4 Å². The van der Waals surface area contributed by atoms with Gasteiger partial charge in [0.1, 0.15) is 34.4 Å². The predicted molar refractivity (Wildman–Crippen MR) is 117 cm³/mol. The quantitative estimate of drug-likeness (QED) is 0.592. The minimum absolute atomic E-state index is 0.126. The molecule has 0 spiro atoms. The third kappa shape index (κ3) is 4.07. The van der Waals surface area contributed by atoms with Gasteiger partial charge in [0.2, 0.25) is 0 Å². The number of rotatable bonds is 5. The number of halogens is 1. The van der Waals surface area contributed by atoms with Crippen molar-refractivity contribution in [3.63, 3.8) is 0 Å². The molecule has 0 bridgehead atoms. The number of nitriles is 1. The highest BCUT2D eigenvalue weighted by atomic mass is 19.1. The van der Waals surface area contributed by atoms with Gasteiger partial charge in [0.05, 0.1) is 12.6 Å². The Balaban J connectivity index is 1.64. The summed E-state index contributed by atoms with van der Waals surface area (Å²) in [6.45, 7) is 2.93. The number of benzene rings is 2. The Morgan fingerprint density at radius 3 is 2.69 bits per heavy atom. The number of hydrogen-bond donors (Lipinski definition) is 2. The molecule has 164 valence electrons. The van der Waals surface area contributed by atoms with Gasteiger partial charge in [-0.25, -0.2) is 9.07 Å². The average Bonchev–Trinajstić information content (AvgIpc) is 3.13. The third-order valence-electron chi connectivity index (χ3n) is 5.57. The molecular weight excluding hydrogens is 411 g/mol. The van der Waals surface area contributed by atoms with Crippen LogP contribution in [0.2, 0.25) is 0 Å². The molecule has 9 heteroatoms. The molecular formula is C23H23FN6O2. The Hall–Kier alpha value is -4.06. The fourth-order valence-electron chi connectivity index (χ4n) is 3.95. The standard InChI is InChI=1S/C23H23FN6O2/c1-14-11-16(24)6-9-19(14)32-18-7-4-15(5-8-18)21-20(23(27)31)22(26)30(28-21)17-3-2-10-29(12-17)13-25/h4-9,11,17H,2-3,10,12,26H2,1H3,(H2,27,31)/t17-/m1/s1. The van der Waals surface area contributed by atoms with E-state index in [9.17, 15) is 14.4 Å². The molecule has 3 aromatic rings. The summed E-state index contributed by atoms with van der Waals surface area (Å²) in [5.41, 5.74) is 13.8. The molecule has 1 saturated heterocycles. The van der Waals surface area contributed by atoms with E-state index in [1.807, 2.05) is 0 Å². The maximum atomic E-state index is 13.3. The van der Waals surface area contributed by atoms with E-state index in [1.165, 1.54) is 12.1 Å². The smallest absolute Gasteiger partial charge is 0.254 e. The molecule has 32 heavy (non-hydrogen) atoms. The Morgan fingerprint density at radius 1 is 1.28 bits per heavy atom. The lowest BCUT2D eigenvalue weighted by Crippen LogP contribution is -2.34. The van der Waals surface area contributed by atoms with Crippen LogP contribution >= 0.6 is 0 Å². The molecule has 2 aromatic carbocycles. The molecule has 0 unspecified atom stereocenters. The minimum atomic E-state index is -0.668. The number of anilines is 1. The molecule has 1 aromatic heterocycles. The highest BCUT2D eigenvalue weighted by molar-refractivity contribution is 6.03. The molecule has 2 heterocycles. The molecule has 1 amide bonds. The Labute approximate surface area is 184 Å². The van der Waals surface area contributed by atoms with Crippen LogP contribution in [0.3, 0.4) is 0 Å². The third-order valence-corrected chi connectivity index (χ3v) is 5.57. The van der Waals surface area contributed by atoms with Crippen LogP contribution in [-0.4, -0.2) is 33.7 Å². The van der Waals surface area contributed by atoms with Gasteiger partial charge in [-0.1, -0.05) is 0 Å². The lowest BCUT2D eigenvalue weighted by Gasteiger charge is -2.29. The second-order valence-corrected chi connectivity index (χ2v) is 7.80. The number of ether oxygens (including phenoxy) is 1. The highest BCUT2D eigenvalue weighted by Gasteiger charge is 2.28. The first-order valence-electron chi connectivity index (χ1n) is 10.2. The van der Waals surface area contributed by atoms with E-state index in [0.717, 1.165) is 12.8 Å². The molecule has 4 N–H and O–H groups in total. The van der Waals surface area contributed by atoms with Gasteiger partial charge >= 0.3 is 0 Å². The summed E-state index contributed by atoms with van der Waals surface area (Å²) in [6, 6.07) is 11.2. The van der Waals surface area contributed by atoms with E-state index < -0.39 is 5.91 Å². The molecule has 1 fully saturated rings. The normalized spacial score (nSPS) is 15.9. The average molecular weight is 434 g/mol. The monoisotopic (exact) mass is 434 g/mol. The van der Waals surface area contributed by atoms with Crippen molar-refractivity contribution >= 4 is 11.7 Å². The SMILES string of the molecule is Cc1cc(F)ccc1Oc1ccc(-c2nn([C@@H]3CCCN(C#N)C3)c(N)c2C(N)=O)cc1. The first-order chi connectivity index (χ1) is 15.4. The number of aryl methyl sites for hydroxylation is 1. The van der Waals surface area contributed by atoms with Crippen LogP contribution in [0.4, 0.5) is 10.2 Å². The molecule has 1 aliphatic rings. The van der Waals surface area contributed by atoms with Crippen molar-refractivity contribution in [1.82, 2.24) is 14.7 Å². The number of likely N-dealkylation sites (tertiary alicyclic amines) is 1. The number of nitrogen functional groups attached to an aromatic ring is 1. The molecule has 0 saturated carbocycles. The Morgan fingerprint density at radius 2 is 2.03 bits per heavy atom. The largest absolute Gasteiger partial charge is 0.457 e. The summed E-state index contributed by atoms with van der Waals surface area (Å²) in [7, 11) is 0. The van der Waals surface area contributed by atoms with Gasteiger partial charge in [0.15, 0.2) is 6.19 Å². The summed E-state index contributed by atoms with van der Waals surface area (Å²) in [4.78, 5) is 13.8. The van der Waals surface area contributed by atoms with E-state index >= 15 is 0 Å². The van der Waals surface area contributed by atoms with Crippen LogP contribution in [0.25, 0.3) is 11.3 Å². The van der Waals surface area contributed by atoms with Crippen LogP contribution in [0.15, 0.2) is 42.5 Å². The molecule has 8 nitrogen and oxygen atoms in total. The van der Waals surface area contributed by atoms with Crippen LogP contribution in [0, 0.1) is 24.2 Å². The predicted octanol–water partition coefficient (Wildman–Crippen LogP) is 3.59. The van der Waals surface area contributed by atoms with Crippen LogP contribution in [0.1, 0.15) is 34.8 Å². The number of hydrogen-bond acceptors (Lipinski definition) is 6. The van der Waals surface area contributed by atoms with Gasteiger partial charge in [-0.3, -0.25) is 4.79 Å². The van der Waals surface area contributed by atoms with Crippen LogP contribution < -0.4 is 16.2 Å². The summed E-state index contributed by atoms with van der Waals surface area (Å²) >= 11 is 0. The number of amides is 1. The zero-order valence-electron chi connectivity index (χ0n) is 17.6. The van der Waals surface area contributed by atoms with E-state index in [-0.39, 0.29) is 23.2 Å². The molecule has 1 aliphatic heterocycles. The van der Waals surface area contributed by atoms with Crippen LogP contribution in [-0.2, 0) is 0 Å². The van der Waals surface area contributed by atoms with Crippen molar-refractivity contribution in [2.45, 2.75) is 25.8 Å². The van der Waals surface area contributed by atoms with Gasteiger partial charge in [-0.2, -0.15) is 10.4 Å². The molecule has 1 atom stereocenters. The number of nitrogens with zero attached hydrogens (tertiary/aromatic N) is 4. The second kappa shape index (κ2) is 8.59. The molecule has 0 aliphatic carbocycles. The van der Waals surface area contributed by atoms with Crippen molar-refractivity contribution in [3.8, 4) is 28.9 Å². The number of primary amides is 1. The van der Waals surface area contributed by atoms with Crippen molar-refractivity contribution < 1.29 is 13.9 Å². The first kappa shape index (κ1) is 21.2. The summed E-state index contributed by atoms with van der Waals surface area (Å²) in [5, 5.41) is 13.8. The van der Waals surface area contributed by atoms with Gasteiger partial charge in [0, 0.05) is 12.1 Å². The van der Waals surface area contributed by atoms with E-state index in [1.54, 1.807) is 46.8 Å². The maximum absolute atomic E-state index is 13.3. The van der Waals surface area contributed by atoms with Gasteiger partial charge in [-0.15, -0.1) is 0 Å². The Kier molecular flexibility index (Phi) is 5.69. The van der Waals surface area contributed by atoms with Crippen molar-refractivity contribution in [3.05, 3.63) is 59.4 Å². The van der Waals surface area contributed by atoms with Gasteiger partial charge in [0.25, 0.3) is 5.91 Å². The lowest BCUT2D eigenvalue weighted by molar-refractivity contribution is 0.100. The zero-order chi connectivity index (χ0) is 22.8. The number of aromatic nitrogens is 2. The summed E-state index contributed by atoms with van der Waals surface area (Å²) in [5.74, 6) is 0.296. The zero-order valence-corrected chi connectivity index (χ0v) is 17.6. The summed E-state index contributed by atoms with van der Waals surface area (Å²) < 4.78 is 20.7. The van der Waals surface area contributed by atoms with E-state index in [4.69, 9.17) is 16.2 Å². The topological polar surface area (TPSA) is 123 Å². The minimum Gasteiger partial charge on any atom is -0.457 e. The van der Waals surface area contributed by atoms with Crippen LogP contribution in [0.5, 0.6) is 11.5 Å². The van der Waals surface area contributed by atoms with E-state index in [2.05, 4.69) is 11.3 Å². The second-order valence-electron chi connectivity index (χ2n) is 7.80. The fraction of sp³-hybridized carbons (Fsp3) is 0.261. The van der Waals surface area contributed by atoms with Gasteiger partial charge in [-0.05, 0) is 67.8 Å². The maximum Gasteiger partial charge on any atom is 0.254 e. The molecule has 0 radical (unpaired) electrons. The number of nitrogens with two attached hydrogens (primary N) is 2. The van der Waals surface area contributed by atoms with Crippen molar-refractivity contribution in [2.75, 3.05) is 18.8 Å². The van der Waals surface area contributed by atoms with Gasteiger partial charge < -0.3 is 21.1 Å². The number of carbonyl (C=O) groups is 1. The fourth-order valence-corrected chi connectivity index (χ4v) is 3.95.